The van der Waals surface area contributed by atoms with Crippen molar-refractivity contribution in [3.05, 3.63) is 114 Å². The summed E-state index contributed by atoms with van der Waals surface area (Å²) >= 11 is 1.91. The normalized spacial score (nSPS) is 12.8. The standard InChI is InChI=1S/C38H35NS/c1-37(2,3)26-13-16-28(17-14-26)39-33-10-8-7-9-29(33)30-18-11-24(21-34(30)39)25-12-19-31-32-20-15-27(38(4,5)6)23-36(32)40-35(31)22-25/h7-23H,1-6H3. The maximum atomic E-state index is 2.42. The average Bonchev–Trinajstić information content (AvgIpc) is 3.46. The Hall–Kier alpha value is -3.88. The molecule has 0 saturated carbocycles. The molecule has 0 fully saturated rings. The van der Waals surface area contributed by atoms with Crippen LogP contribution in [0.3, 0.4) is 0 Å². The number of benzene rings is 5. The molecule has 0 bridgehead atoms. The molecule has 0 amide bonds. The van der Waals surface area contributed by atoms with Gasteiger partial charge in [-0.1, -0.05) is 108 Å². The summed E-state index contributed by atoms with van der Waals surface area (Å²) in [7, 11) is 0. The van der Waals surface area contributed by atoms with Gasteiger partial charge in [0.05, 0.1) is 11.0 Å². The van der Waals surface area contributed by atoms with Crippen LogP contribution in [0, 0.1) is 0 Å². The fraction of sp³-hybridized carbons (Fsp3) is 0.211. The Balaban J connectivity index is 1.39. The van der Waals surface area contributed by atoms with E-state index in [2.05, 4.69) is 149 Å². The molecule has 0 radical (unpaired) electrons. The summed E-state index contributed by atoms with van der Waals surface area (Å²) in [5, 5.41) is 5.28. The largest absolute Gasteiger partial charge is 0.309 e. The molecular weight excluding hydrogens is 502 g/mol. The predicted octanol–water partition coefficient (Wildman–Crippen LogP) is 11.4. The smallest absolute Gasteiger partial charge is 0.0547 e. The van der Waals surface area contributed by atoms with Gasteiger partial charge in [-0.15, -0.1) is 11.3 Å². The summed E-state index contributed by atoms with van der Waals surface area (Å²) in [6.07, 6.45) is 0. The van der Waals surface area contributed by atoms with Crippen LogP contribution in [-0.2, 0) is 10.8 Å². The van der Waals surface area contributed by atoms with Crippen LogP contribution in [-0.4, -0.2) is 4.57 Å². The first-order chi connectivity index (χ1) is 19.1. The van der Waals surface area contributed by atoms with Crippen molar-refractivity contribution in [3.63, 3.8) is 0 Å². The Kier molecular flexibility index (Phi) is 5.53. The molecule has 2 aromatic heterocycles. The third kappa shape index (κ3) is 4.05. The van der Waals surface area contributed by atoms with Crippen molar-refractivity contribution in [2.24, 2.45) is 0 Å². The number of aromatic nitrogens is 1. The molecule has 40 heavy (non-hydrogen) atoms. The third-order valence-corrected chi connectivity index (χ3v) is 9.45. The number of hydrogen-bond acceptors (Lipinski definition) is 1. The van der Waals surface area contributed by atoms with Crippen LogP contribution in [0.25, 0.3) is 58.8 Å². The van der Waals surface area contributed by atoms with Gasteiger partial charge in [-0.25, -0.2) is 0 Å². The highest BCUT2D eigenvalue weighted by Crippen LogP contribution is 2.40. The van der Waals surface area contributed by atoms with Gasteiger partial charge < -0.3 is 4.57 Å². The Morgan fingerprint density at radius 1 is 0.475 bits per heavy atom. The lowest BCUT2D eigenvalue weighted by atomic mass is 9.87. The van der Waals surface area contributed by atoms with Gasteiger partial charge in [-0.3, -0.25) is 0 Å². The summed E-state index contributed by atoms with van der Waals surface area (Å²) in [6.45, 7) is 13.7. The van der Waals surface area contributed by atoms with E-state index in [1.807, 2.05) is 11.3 Å². The maximum absolute atomic E-state index is 2.42. The molecule has 0 saturated heterocycles. The van der Waals surface area contributed by atoms with E-state index in [0.717, 1.165) is 0 Å². The van der Waals surface area contributed by atoms with Crippen LogP contribution in [0.5, 0.6) is 0 Å². The minimum Gasteiger partial charge on any atom is -0.309 e. The minimum absolute atomic E-state index is 0.131. The molecular formula is C38H35NS. The Bertz CT molecular complexity index is 2050. The van der Waals surface area contributed by atoms with Crippen LogP contribution < -0.4 is 0 Å². The van der Waals surface area contributed by atoms with Gasteiger partial charge in [0.25, 0.3) is 0 Å². The average molecular weight is 538 g/mol. The summed E-state index contributed by atoms with van der Waals surface area (Å²) < 4.78 is 5.14. The van der Waals surface area contributed by atoms with Crippen molar-refractivity contribution in [1.82, 2.24) is 4.57 Å². The number of hydrogen-bond donors (Lipinski definition) is 0. The van der Waals surface area contributed by atoms with Crippen molar-refractivity contribution in [2.45, 2.75) is 52.4 Å². The number of fused-ring (bicyclic) bond motifs is 6. The quantitative estimate of drug-likeness (QED) is 0.207. The van der Waals surface area contributed by atoms with Crippen LogP contribution in [0.15, 0.2) is 103 Å². The Morgan fingerprint density at radius 3 is 1.73 bits per heavy atom. The minimum atomic E-state index is 0.131. The first-order valence-electron chi connectivity index (χ1n) is 14.2. The molecule has 2 heteroatoms. The second-order valence-corrected chi connectivity index (χ2v) is 14.2. The first-order valence-corrected chi connectivity index (χ1v) is 15.0. The van der Waals surface area contributed by atoms with E-state index in [-0.39, 0.29) is 10.8 Å². The van der Waals surface area contributed by atoms with Crippen LogP contribution in [0.4, 0.5) is 0 Å². The molecule has 0 aliphatic heterocycles. The van der Waals surface area contributed by atoms with Gasteiger partial charge in [0.15, 0.2) is 0 Å². The molecule has 0 aliphatic carbocycles. The van der Waals surface area contributed by atoms with Gasteiger partial charge in [-0.05, 0) is 69.5 Å². The van der Waals surface area contributed by atoms with Crippen LogP contribution in [0.2, 0.25) is 0 Å². The van der Waals surface area contributed by atoms with Crippen molar-refractivity contribution in [2.75, 3.05) is 0 Å². The third-order valence-electron chi connectivity index (χ3n) is 8.34. The summed E-state index contributed by atoms with van der Waals surface area (Å²) in [5.41, 5.74) is 9.22. The first kappa shape index (κ1) is 25.1. The van der Waals surface area contributed by atoms with Crippen molar-refractivity contribution in [3.8, 4) is 16.8 Å². The van der Waals surface area contributed by atoms with E-state index in [1.165, 1.54) is 69.9 Å². The molecule has 0 spiro atoms. The Labute approximate surface area is 240 Å². The summed E-state index contributed by atoms with van der Waals surface area (Å²) in [5.74, 6) is 0. The second kappa shape index (κ2) is 8.81. The fourth-order valence-electron chi connectivity index (χ4n) is 5.96. The molecule has 2 heterocycles. The van der Waals surface area contributed by atoms with Gasteiger partial charge >= 0.3 is 0 Å². The van der Waals surface area contributed by atoms with Gasteiger partial charge in [0, 0.05) is 36.6 Å². The monoisotopic (exact) mass is 537 g/mol. The van der Waals surface area contributed by atoms with Crippen LogP contribution >= 0.6 is 11.3 Å². The molecule has 0 unspecified atom stereocenters. The van der Waals surface area contributed by atoms with Gasteiger partial charge in [0.1, 0.15) is 0 Å². The summed E-state index contributed by atoms with van der Waals surface area (Å²) in [4.78, 5) is 0. The molecule has 198 valence electrons. The SMILES string of the molecule is CC(C)(C)c1ccc(-n2c3ccccc3c3ccc(-c4ccc5c(c4)sc4cc(C(C)(C)C)ccc45)cc32)cc1. The van der Waals surface area contributed by atoms with Crippen LogP contribution in [0.1, 0.15) is 52.7 Å². The van der Waals surface area contributed by atoms with Gasteiger partial charge in [-0.2, -0.15) is 0 Å². The van der Waals surface area contributed by atoms with Crippen molar-refractivity contribution in [1.29, 1.82) is 0 Å². The molecule has 5 aromatic carbocycles. The number of nitrogens with zero attached hydrogens (tertiary/aromatic N) is 1. The zero-order valence-corrected chi connectivity index (χ0v) is 25.0. The van der Waals surface area contributed by atoms with Crippen molar-refractivity contribution >= 4 is 53.3 Å². The molecule has 0 atom stereocenters. The fourth-order valence-corrected chi connectivity index (χ4v) is 7.15. The highest BCUT2D eigenvalue weighted by atomic mass is 32.1. The highest BCUT2D eigenvalue weighted by Gasteiger charge is 2.18. The lowest BCUT2D eigenvalue weighted by Gasteiger charge is -2.19. The number of thiophene rings is 1. The topological polar surface area (TPSA) is 4.93 Å². The second-order valence-electron chi connectivity index (χ2n) is 13.2. The molecule has 0 N–H and O–H groups in total. The van der Waals surface area contributed by atoms with E-state index in [0.29, 0.717) is 0 Å². The lowest BCUT2D eigenvalue weighted by Crippen LogP contribution is -2.10. The van der Waals surface area contributed by atoms with E-state index in [1.54, 1.807) is 0 Å². The van der Waals surface area contributed by atoms with Crippen molar-refractivity contribution < 1.29 is 0 Å². The zero-order chi connectivity index (χ0) is 27.8. The molecule has 7 aromatic rings. The molecule has 7 rings (SSSR count). The van der Waals surface area contributed by atoms with Gasteiger partial charge in [0.2, 0.25) is 0 Å². The number of para-hydroxylation sites is 1. The molecule has 0 aliphatic rings. The van der Waals surface area contributed by atoms with E-state index < -0.39 is 0 Å². The predicted molar refractivity (Wildman–Crippen MR) is 177 cm³/mol. The van der Waals surface area contributed by atoms with E-state index in [4.69, 9.17) is 0 Å². The number of rotatable bonds is 2. The Morgan fingerprint density at radius 2 is 1.02 bits per heavy atom. The summed E-state index contributed by atoms with van der Waals surface area (Å²) in [6, 6.07) is 38.8. The maximum Gasteiger partial charge on any atom is 0.0547 e. The molecule has 1 nitrogen and oxygen atoms in total. The lowest BCUT2D eigenvalue weighted by molar-refractivity contribution is 0.590. The van der Waals surface area contributed by atoms with E-state index >= 15 is 0 Å². The highest BCUT2D eigenvalue weighted by molar-refractivity contribution is 7.25. The van der Waals surface area contributed by atoms with E-state index in [9.17, 15) is 0 Å². The zero-order valence-electron chi connectivity index (χ0n) is 24.2.